The van der Waals surface area contributed by atoms with Crippen molar-refractivity contribution in [3.8, 4) is 0 Å². The van der Waals surface area contributed by atoms with Gasteiger partial charge in [0, 0.05) is 0 Å². The van der Waals surface area contributed by atoms with Crippen LogP contribution in [0.2, 0.25) is 0 Å². The first-order valence-corrected chi connectivity index (χ1v) is 7.26. The van der Waals surface area contributed by atoms with Crippen LogP contribution in [0, 0.1) is 0 Å². The van der Waals surface area contributed by atoms with Crippen LogP contribution in [0.1, 0.15) is 39.3 Å². The summed E-state index contributed by atoms with van der Waals surface area (Å²) >= 11 is 0. The average molecular weight is 327 g/mol. The summed E-state index contributed by atoms with van der Waals surface area (Å²) in [6.45, 7) is 7.69. The van der Waals surface area contributed by atoms with Gasteiger partial charge in [-0.25, -0.2) is 13.6 Å². The molecule has 126 valence electrons. The molecule has 0 aromatic heterocycles. The highest BCUT2D eigenvalue weighted by Gasteiger charge is 2.51. The molecule has 1 unspecified atom stereocenters. The fraction of sp³-hybridized carbons (Fsp3) is 0.533. The summed E-state index contributed by atoms with van der Waals surface area (Å²) in [5.74, 6) is 0. The van der Waals surface area contributed by atoms with Crippen LogP contribution in [0.4, 0.5) is 13.6 Å². The molecule has 23 heavy (non-hydrogen) atoms. The van der Waals surface area contributed by atoms with Gasteiger partial charge in [-0.05, 0) is 38.7 Å². The molecule has 2 rings (SSSR count). The van der Waals surface area contributed by atoms with Gasteiger partial charge in [0.25, 0.3) is 6.43 Å². The van der Waals surface area contributed by atoms with Gasteiger partial charge in [-0.15, -0.1) is 0 Å². The van der Waals surface area contributed by atoms with Crippen LogP contribution in [-0.2, 0) is 9.31 Å². The molecule has 0 radical (unpaired) electrons. The van der Waals surface area contributed by atoms with Crippen LogP contribution in [0.15, 0.2) is 24.3 Å². The quantitative estimate of drug-likeness (QED) is 0.834. The Kier molecular flexibility index (Phi) is 4.68. The van der Waals surface area contributed by atoms with Crippen molar-refractivity contribution >= 4 is 18.7 Å². The first-order chi connectivity index (χ1) is 10.5. The fourth-order valence-corrected chi connectivity index (χ4v) is 2.26. The molecule has 8 heteroatoms. The fourth-order valence-electron chi connectivity index (χ4n) is 2.26. The van der Waals surface area contributed by atoms with Crippen LogP contribution in [0.25, 0.3) is 0 Å². The third-order valence-electron chi connectivity index (χ3n) is 4.35. The Labute approximate surface area is 134 Å². The van der Waals surface area contributed by atoms with E-state index in [1.807, 2.05) is 33.0 Å². The van der Waals surface area contributed by atoms with Gasteiger partial charge in [0.1, 0.15) is 6.04 Å². The Morgan fingerprint density at radius 3 is 2.00 bits per heavy atom. The van der Waals surface area contributed by atoms with E-state index < -0.39 is 36.9 Å². The van der Waals surface area contributed by atoms with E-state index in [1.165, 1.54) is 12.1 Å². The van der Waals surface area contributed by atoms with Gasteiger partial charge in [0.2, 0.25) is 0 Å². The molecule has 0 saturated carbocycles. The summed E-state index contributed by atoms with van der Waals surface area (Å²) in [4.78, 5) is 10.6. The number of amides is 1. The summed E-state index contributed by atoms with van der Waals surface area (Å²) in [6, 6.07) is 4.55. The van der Waals surface area contributed by atoms with Crippen molar-refractivity contribution < 1.29 is 28.0 Å². The lowest BCUT2D eigenvalue weighted by Gasteiger charge is -2.32. The maximum Gasteiger partial charge on any atom is 0.494 e. The van der Waals surface area contributed by atoms with Crippen LogP contribution >= 0.6 is 0 Å². The topological polar surface area (TPSA) is 67.8 Å². The predicted octanol–water partition coefficient (Wildman–Crippen LogP) is 2.56. The van der Waals surface area contributed by atoms with Crippen molar-refractivity contribution in [2.45, 2.75) is 51.4 Å². The monoisotopic (exact) mass is 327 g/mol. The minimum Gasteiger partial charge on any atom is -0.465 e. The van der Waals surface area contributed by atoms with Gasteiger partial charge in [-0.1, -0.05) is 24.3 Å². The van der Waals surface area contributed by atoms with E-state index in [2.05, 4.69) is 0 Å². The second-order valence-corrected chi connectivity index (χ2v) is 6.52. The molecule has 1 aliphatic heterocycles. The summed E-state index contributed by atoms with van der Waals surface area (Å²) in [6.07, 6.45) is -4.33. The first-order valence-electron chi connectivity index (χ1n) is 7.26. The smallest absolute Gasteiger partial charge is 0.465 e. The Hall–Kier alpha value is -1.67. The minimum absolute atomic E-state index is 0.183. The van der Waals surface area contributed by atoms with Crippen molar-refractivity contribution in [2.24, 2.45) is 0 Å². The lowest BCUT2D eigenvalue weighted by molar-refractivity contribution is 0.00578. The van der Waals surface area contributed by atoms with E-state index in [4.69, 9.17) is 14.4 Å². The van der Waals surface area contributed by atoms with Crippen LogP contribution in [-0.4, -0.2) is 35.9 Å². The van der Waals surface area contributed by atoms with Gasteiger partial charge < -0.3 is 19.7 Å². The largest absolute Gasteiger partial charge is 0.494 e. The van der Waals surface area contributed by atoms with E-state index in [1.54, 1.807) is 12.1 Å². The summed E-state index contributed by atoms with van der Waals surface area (Å²) < 4.78 is 37.7. The van der Waals surface area contributed by atoms with Crippen molar-refractivity contribution in [3.63, 3.8) is 0 Å². The SMILES string of the molecule is CC1(C)OB(c2ccc(C(NC(=O)O)C(F)F)cc2)OC1(C)C. The summed E-state index contributed by atoms with van der Waals surface area (Å²) in [5.41, 5.74) is -0.113. The van der Waals surface area contributed by atoms with Gasteiger partial charge >= 0.3 is 13.2 Å². The minimum atomic E-state index is -2.84. The van der Waals surface area contributed by atoms with Gasteiger partial charge in [0.05, 0.1) is 11.2 Å². The van der Waals surface area contributed by atoms with Crippen molar-refractivity contribution in [1.82, 2.24) is 5.32 Å². The first kappa shape index (κ1) is 17.7. The number of alkyl halides is 2. The zero-order valence-electron chi connectivity index (χ0n) is 13.5. The average Bonchev–Trinajstić information content (AvgIpc) is 2.64. The molecule has 1 saturated heterocycles. The number of nitrogens with one attached hydrogen (secondary N) is 1. The van der Waals surface area contributed by atoms with Gasteiger partial charge in [0.15, 0.2) is 0 Å². The van der Waals surface area contributed by atoms with Gasteiger partial charge in [-0.3, -0.25) is 0 Å². The van der Waals surface area contributed by atoms with Crippen molar-refractivity contribution in [2.75, 3.05) is 0 Å². The maximum absolute atomic E-state index is 13.0. The highest BCUT2D eigenvalue weighted by Crippen LogP contribution is 2.36. The number of benzene rings is 1. The second kappa shape index (κ2) is 6.09. The number of carboxylic acid groups (broad SMARTS) is 1. The van der Waals surface area contributed by atoms with E-state index in [9.17, 15) is 13.6 Å². The molecule has 1 atom stereocenters. The molecule has 0 spiro atoms. The molecule has 2 N–H and O–H groups in total. The molecular formula is C15H20BF2NO4. The van der Waals surface area contributed by atoms with Gasteiger partial charge in [-0.2, -0.15) is 0 Å². The molecule has 0 aliphatic carbocycles. The number of hydrogen-bond acceptors (Lipinski definition) is 3. The third kappa shape index (κ3) is 3.64. The predicted molar refractivity (Wildman–Crippen MR) is 82.1 cm³/mol. The van der Waals surface area contributed by atoms with Crippen LogP contribution in [0.5, 0.6) is 0 Å². The van der Waals surface area contributed by atoms with Crippen molar-refractivity contribution in [3.05, 3.63) is 29.8 Å². The van der Waals surface area contributed by atoms with E-state index >= 15 is 0 Å². The molecule has 1 fully saturated rings. The lowest BCUT2D eigenvalue weighted by atomic mass is 9.78. The lowest BCUT2D eigenvalue weighted by Crippen LogP contribution is -2.41. The molecule has 5 nitrogen and oxygen atoms in total. The van der Waals surface area contributed by atoms with Crippen LogP contribution < -0.4 is 10.8 Å². The number of hydrogen-bond donors (Lipinski definition) is 2. The highest BCUT2D eigenvalue weighted by atomic mass is 19.3. The van der Waals surface area contributed by atoms with E-state index in [0.29, 0.717) is 5.46 Å². The van der Waals surface area contributed by atoms with E-state index in [0.717, 1.165) is 0 Å². The normalized spacial score (nSPS) is 20.6. The van der Waals surface area contributed by atoms with Crippen LogP contribution in [0.3, 0.4) is 0 Å². The second-order valence-electron chi connectivity index (χ2n) is 6.52. The standard InChI is InChI=1S/C15H20BF2NO4/c1-14(2)15(3,4)23-16(22-14)10-7-5-9(6-8-10)11(12(17)18)19-13(20)21/h5-8,11-12,19H,1-4H3,(H,20,21). The Morgan fingerprint density at radius 1 is 1.13 bits per heavy atom. The molecule has 1 aliphatic rings. The van der Waals surface area contributed by atoms with Crippen molar-refractivity contribution in [1.29, 1.82) is 0 Å². The molecule has 1 amide bonds. The zero-order chi connectivity index (χ0) is 17.4. The summed E-state index contributed by atoms with van der Waals surface area (Å²) in [7, 11) is -0.591. The Bertz CT molecular complexity index is 561. The number of carbonyl (C=O) groups is 1. The molecule has 1 aromatic carbocycles. The third-order valence-corrected chi connectivity index (χ3v) is 4.35. The molecule has 1 heterocycles. The number of rotatable bonds is 4. The molecular weight excluding hydrogens is 307 g/mol. The maximum atomic E-state index is 13.0. The highest BCUT2D eigenvalue weighted by molar-refractivity contribution is 6.62. The molecule has 1 aromatic rings. The Morgan fingerprint density at radius 2 is 1.61 bits per heavy atom. The zero-order valence-corrected chi connectivity index (χ0v) is 13.5. The van der Waals surface area contributed by atoms with E-state index in [-0.39, 0.29) is 5.56 Å². The number of halogens is 2. The molecule has 0 bridgehead atoms. The Balaban J connectivity index is 2.18. The summed E-state index contributed by atoms with van der Waals surface area (Å²) in [5, 5.41) is 10.5.